The monoisotopic (exact) mass is 290 g/mol. The van der Waals surface area contributed by atoms with Crippen molar-refractivity contribution in [1.29, 1.82) is 0 Å². The van der Waals surface area contributed by atoms with Gasteiger partial charge in [-0.05, 0) is 32.3 Å². The number of hydrogen-bond acceptors (Lipinski definition) is 4. The van der Waals surface area contributed by atoms with Gasteiger partial charge < -0.3 is 10.9 Å². The van der Waals surface area contributed by atoms with E-state index in [2.05, 4.69) is 29.4 Å². The van der Waals surface area contributed by atoms with Crippen molar-refractivity contribution in [3.8, 4) is 0 Å². The molecule has 5 nitrogen and oxygen atoms in total. The van der Waals surface area contributed by atoms with Crippen LogP contribution in [0.4, 0.5) is 0 Å². The molecule has 1 aromatic carbocycles. The van der Waals surface area contributed by atoms with Crippen LogP contribution in [0.3, 0.4) is 0 Å². The van der Waals surface area contributed by atoms with Crippen LogP contribution in [0.25, 0.3) is 0 Å². The molecule has 0 spiro atoms. The van der Waals surface area contributed by atoms with E-state index in [-0.39, 0.29) is 11.8 Å². The van der Waals surface area contributed by atoms with Crippen molar-refractivity contribution in [1.82, 2.24) is 10.4 Å². The summed E-state index contributed by atoms with van der Waals surface area (Å²) < 4.78 is 0. The molecule has 0 bridgehead atoms. The second kappa shape index (κ2) is 7.43. The summed E-state index contributed by atoms with van der Waals surface area (Å²) >= 11 is 0. The van der Waals surface area contributed by atoms with Gasteiger partial charge in [-0.25, -0.2) is 5.01 Å². The molecule has 1 saturated heterocycles. The van der Waals surface area contributed by atoms with Crippen molar-refractivity contribution >= 4 is 5.84 Å². The molecule has 116 valence electrons. The van der Waals surface area contributed by atoms with Crippen LogP contribution in [-0.4, -0.2) is 34.7 Å². The largest absolute Gasteiger partial charge is 0.409 e. The molecule has 4 N–H and O–H groups in total. The lowest BCUT2D eigenvalue weighted by atomic mass is 9.97. The minimum atomic E-state index is -0.127. The Hall–Kier alpha value is -1.59. The average molecular weight is 290 g/mol. The van der Waals surface area contributed by atoms with Crippen molar-refractivity contribution in [2.45, 2.75) is 51.1 Å². The Morgan fingerprint density at radius 3 is 2.52 bits per heavy atom. The van der Waals surface area contributed by atoms with Crippen LogP contribution >= 0.6 is 0 Å². The van der Waals surface area contributed by atoms with Crippen molar-refractivity contribution in [2.24, 2.45) is 10.9 Å². The van der Waals surface area contributed by atoms with Gasteiger partial charge in [-0.15, -0.1) is 0 Å². The van der Waals surface area contributed by atoms with Crippen LogP contribution in [-0.2, 0) is 0 Å². The van der Waals surface area contributed by atoms with Crippen LogP contribution in [0.1, 0.15) is 44.6 Å². The normalized spacial score (nSPS) is 25.7. The number of nitrogens with zero attached hydrogens (tertiary/aromatic N) is 2. The highest BCUT2D eigenvalue weighted by Crippen LogP contribution is 2.21. The molecule has 5 heteroatoms. The number of oxime groups is 1. The maximum Gasteiger partial charge on any atom is 0.148 e. The van der Waals surface area contributed by atoms with Crippen LogP contribution in [0, 0.1) is 0 Å². The Morgan fingerprint density at radius 2 is 1.95 bits per heavy atom. The summed E-state index contributed by atoms with van der Waals surface area (Å²) in [6.45, 7) is 5.11. The minimum Gasteiger partial charge on any atom is -0.409 e. The maximum atomic E-state index is 9.03. The van der Waals surface area contributed by atoms with Gasteiger partial charge in [-0.2, -0.15) is 0 Å². The van der Waals surface area contributed by atoms with Crippen LogP contribution in [0.2, 0.25) is 0 Å². The summed E-state index contributed by atoms with van der Waals surface area (Å²) in [6, 6.07) is 10.9. The summed E-state index contributed by atoms with van der Waals surface area (Å²) in [5.74, 6) is 0.114. The summed E-state index contributed by atoms with van der Waals surface area (Å²) in [5, 5.41) is 14.5. The Labute approximate surface area is 126 Å². The predicted molar refractivity (Wildman–Crippen MR) is 85.2 cm³/mol. The Kier molecular flexibility index (Phi) is 5.59. The van der Waals surface area contributed by atoms with Gasteiger partial charge in [0, 0.05) is 18.6 Å². The molecule has 0 aliphatic carbocycles. The fourth-order valence-corrected chi connectivity index (χ4v) is 3.08. The van der Waals surface area contributed by atoms with E-state index in [9.17, 15) is 0 Å². The second-order valence-electron chi connectivity index (χ2n) is 5.89. The third-order valence-corrected chi connectivity index (χ3v) is 4.35. The van der Waals surface area contributed by atoms with Crippen molar-refractivity contribution < 1.29 is 5.21 Å². The Balaban J connectivity index is 2.06. The first-order valence-corrected chi connectivity index (χ1v) is 7.67. The first-order valence-electron chi connectivity index (χ1n) is 7.67. The lowest BCUT2D eigenvalue weighted by Crippen LogP contribution is -2.53. The number of nitrogens with one attached hydrogen (secondary N) is 1. The highest BCUT2D eigenvalue weighted by atomic mass is 16.4. The lowest BCUT2D eigenvalue weighted by molar-refractivity contribution is 0.0460. The number of benzene rings is 1. The fourth-order valence-electron chi connectivity index (χ4n) is 3.08. The van der Waals surface area contributed by atoms with Gasteiger partial charge in [-0.1, -0.05) is 41.9 Å². The van der Waals surface area contributed by atoms with E-state index in [0.717, 1.165) is 5.56 Å². The van der Waals surface area contributed by atoms with E-state index in [4.69, 9.17) is 10.9 Å². The highest BCUT2D eigenvalue weighted by Gasteiger charge is 2.26. The van der Waals surface area contributed by atoms with E-state index in [0.29, 0.717) is 18.6 Å². The third-order valence-electron chi connectivity index (χ3n) is 4.35. The number of rotatable bonds is 5. The SMILES string of the molecule is CC1CCCC(C)N1NCC(/C(N)=N/O)c1ccccc1. The lowest BCUT2D eigenvalue weighted by Gasteiger charge is -2.39. The average Bonchev–Trinajstić information content (AvgIpc) is 2.50. The molecule has 3 atom stereocenters. The Morgan fingerprint density at radius 1 is 1.33 bits per heavy atom. The molecule has 1 aliphatic rings. The zero-order valence-corrected chi connectivity index (χ0v) is 12.9. The third kappa shape index (κ3) is 3.95. The van der Waals surface area contributed by atoms with E-state index in [1.54, 1.807) is 0 Å². The van der Waals surface area contributed by atoms with Gasteiger partial charge in [0.2, 0.25) is 0 Å². The molecule has 21 heavy (non-hydrogen) atoms. The Bertz CT molecular complexity index is 453. The summed E-state index contributed by atoms with van der Waals surface area (Å²) in [6.07, 6.45) is 3.69. The van der Waals surface area contributed by atoms with E-state index < -0.39 is 0 Å². The standard InChI is InChI=1S/C16H26N4O/c1-12-7-6-8-13(2)20(12)18-11-15(16(17)19-21)14-9-4-3-5-10-14/h3-5,9-10,12-13,15,18,21H,6-8,11H2,1-2H3,(H2,17,19). The highest BCUT2D eigenvalue weighted by molar-refractivity contribution is 5.87. The van der Waals surface area contributed by atoms with Crippen molar-refractivity contribution in [2.75, 3.05) is 6.54 Å². The molecule has 0 radical (unpaired) electrons. The minimum absolute atomic E-state index is 0.127. The molecule has 0 aromatic heterocycles. The number of amidine groups is 1. The van der Waals surface area contributed by atoms with Gasteiger partial charge in [-0.3, -0.25) is 5.43 Å². The van der Waals surface area contributed by atoms with Crippen molar-refractivity contribution in [3.63, 3.8) is 0 Å². The van der Waals surface area contributed by atoms with Crippen LogP contribution in [0.5, 0.6) is 0 Å². The molecule has 3 unspecified atom stereocenters. The van der Waals surface area contributed by atoms with E-state index in [1.165, 1.54) is 19.3 Å². The molecule has 1 fully saturated rings. The maximum absolute atomic E-state index is 9.03. The predicted octanol–water partition coefficient (Wildman–Crippen LogP) is 2.28. The molecular weight excluding hydrogens is 264 g/mol. The quantitative estimate of drug-likeness (QED) is 0.337. The first-order chi connectivity index (χ1) is 10.1. The summed E-state index contributed by atoms with van der Waals surface area (Å²) in [4.78, 5) is 0. The number of hydrazine groups is 1. The first kappa shape index (κ1) is 15.8. The van der Waals surface area contributed by atoms with Gasteiger partial charge in [0.05, 0.1) is 5.92 Å². The molecule has 1 heterocycles. The molecule has 0 saturated carbocycles. The van der Waals surface area contributed by atoms with Gasteiger partial charge in [0.1, 0.15) is 5.84 Å². The fraction of sp³-hybridized carbons (Fsp3) is 0.562. The summed E-state index contributed by atoms with van der Waals surface area (Å²) in [5.41, 5.74) is 10.4. The molecule has 2 rings (SSSR count). The van der Waals surface area contributed by atoms with Crippen LogP contribution in [0.15, 0.2) is 35.5 Å². The number of nitrogens with two attached hydrogens (primary N) is 1. The number of hydrogen-bond donors (Lipinski definition) is 3. The zero-order chi connectivity index (χ0) is 15.2. The smallest absolute Gasteiger partial charge is 0.148 e. The van der Waals surface area contributed by atoms with E-state index in [1.807, 2.05) is 30.3 Å². The van der Waals surface area contributed by atoms with Crippen molar-refractivity contribution in [3.05, 3.63) is 35.9 Å². The molecule has 1 aliphatic heterocycles. The molecular formula is C16H26N4O. The van der Waals surface area contributed by atoms with Gasteiger partial charge in [0.25, 0.3) is 0 Å². The molecule has 1 aromatic rings. The molecule has 0 amide bonds. The van der Waals surface area contributed by atoms with Crippen LogP contribution < -0.4 is 11.2 Å². The topological polar surface area (TPSA) is 73.9 Å². The van der Waals surface area contributed by atoms with Gasteiger partial charge >= 0.3 is 0 Å². The second-order valence-corrected chi connectivity index (χ2v) is 5.89. The zero-order valence-electron chi connectivity index (χ0n) is 12.9. The number of piperidine rings is 1. The summed E-state index contributed by atoms with van der Waals surface area (Å²) in [7, 11) is 0. The van der Waals surface area contributed by atoms with Gasteiger partial charge in [0.15, 0.2) is 0 Å². The van der Waals surface area contributed by atoms with E-state index >= 15 is 0 Å².